The molecule has 0 aliphatic carbocycles. The Morgan fingerprint density at radius 3 is 2.11 bits per heavy atom. The molecule has 0 aromatic carbocycles. The summed E-state index contributed by atoms with van der Waals surface area (Å²) in [6.45, 7) is 6.74. The van der Waals surface area contributed by atoms with Crippen LogP contribution in [0.25, 0.3) is 0 Å². The van der Waals surface area contributed by atoms with E-state index >= 15 is 0 Å². The number of unbranched alkanes of at least 4 members (excludes halogenated alkanes) is 1. The van der Waals surface area contributed by atoms with Gasteiger partial charge in [-0.05, 0) is 25.6 Å². The number of allylic oxidation sites excluding steroid dienone is 2. The smallest absolute Gasteiger partial charge is 1.00 e. The van der Waals surface area contributed by atoms with Crippen LogP contribution in [-0.2, 0) is 0 Å². The van der Waals surface area contributed by atoms with Crippen LogP contribution in [0.4, 0.5) is 25.2 Å². The molecule has 1 aliphatic heterocycles. The molecule has 0 bridgehead atoms. The van der Waals surface area contributed by atoms with E-state index in [2.05, 4.69) is 37.1 Å². The molecule has 0 spiro atoms. The molecule has 1 heterocycles. The summed E-state index contributed by atoms with van der Waals surface area (Å²) >= 11 is 0. The van der Waals surface area contributed by atoms with Crippen LogP contribution in [-0.4, -0.2) is 18.0 Å². The Labute approximate surface area is 104 Å². The summed E-state index contributed by atoms with van der Waals surface area (Å²) in [7, 11) is -10.7. The van der Waals surface area contributed by atoms with Crippen molar-refractivity contribution in [1.82, 2.24) is 4.90 Å². The minimum absolute atomic E-state index is 0. The zero-order chi connectivity index (χ0) is 14.5. The van der Waals surface area contributed by atoms with E-state index in [9.17, 15) is 25.2 Å². The molecule has 110 valence electrons. The molecule has 0 radical (unpaired) electrons. The SMILES string of the molecule is CCCCN1C=CC=C(C)C1.F[P-](F)(F)(F)(F)F.[H+]. The van der Waals surface area contributed by atoms with Crippen LogP contribution < -0.4 is 0 Å². The molecule has 0 atom stereocenters. The third kappa shape index (κ3) is 17.7. The fourth-order valence-corrected chi connectivity index (χ4v) is 1.27. The number of hydrogen-bond donors (Lipinski definition) is 0. The van der Waals surface area contributed by atoms with Gasteiger partial charge < -0.3 is 4.90 Å². The van der Waals surface area contributed by atoms with E-state index in [1.54, 1.807) is 0 Å². The van der Waals surface area contributed by atoms with Crippen molar-refractivity contribution in [3.8, 4) is 0 Å². The van der Waals surface area contributed by atoms with Gasteiger partial charge in [0.2, 0.25) is 0 Å². The van der Waals surface area contributed by atoms with Crippen molar-refractivity contribution < 1.29 is 26.6 Å². The number of halogens is 6. The normalized spacial score (nSPS) is 19.3. The number of nitrogens with zero attached hydrogens (tertiary/aromatic N) is 1. The quantitative estimate of drug-likeness (QED) is 0.452. The van der Waals surface area contributed by atoms with Gasteiger partial charge in [-0.15, -0.1) is 0 Å². The molecule has 0 saturated heterocycles. The van der Waals surface area contributed by atoms with Crippen LogP contribution in [0.15, 0.2) is 23.9 Å². The summed E-state index contributed by atoms with van der Waals surface area (Å²) in [5.74, 6) is 0. The Bertz CT molecular complexity index is 322. The first-order valence-electron chi connectivity index (χ1n) is 5.42. The summed E-state index contributed by atoms with van der Waals surface area (Å²) in [4.78, 5) is 2.37. The predicted molar refractivity (Wildman–Crippen MR) is 64.1 cm³/mol. The zero-order valence-corrected chi connectivity index (χ0v) is 11.1. The molecule has 0 saturated carbocycles. The first-order chi connectivity index (χ1) is 7.78. The maximum atomic E-state index is 9.87. The predicted octanol–water partition coefficient (Wildman–Crippen LogP) is 6.06. The van der Waals surface area contributed by atoms with Gasteiger partial charge in [0.1, 0.15) is 0 Å². The Morgan fingerprint density at radius 2 is 1.72 bits per heavy atom. The Hall–Kier alpha value is -0.710. The van der Waals surface area contributed by atoms with Crippen LogP contribution in [0.3, 0.4) is 0 Å². The average molecular weight is 297 g/mol. The van der Waals surface area contributed by atoms with E-state index in [1.807, 2.05) is 0 Å². The molecule has 0 aromatic rings. The molecule has 0 unspecified atom stereocenters. The molecule has 1 rings (SSSR count). The van der Waals surface area contributed by atoms with Crippen LogP contribution in [0, 0.1) is 0 Å². The van der Waals surface area contributed by atoms with Crippen molar-refractivity contribution >= 4 is 7.81 Å². The van der Waals surface area contributed by atoms with Gasteiger partial charge in [-0.25, -0.2) is 0 Å². The first kappa shape index (κ1) is 17.3. The van der Waals surface area contributed by atoms with Crippen molar-refractivity contribution in [2.45, 2.75) is 26.7 Å². The summed E-state index contributed by atoms with van der Waals surface area (Å²) < 4.78 is 59.2. The second-order valence-corrected chi connectivity index (χ2v) is 6.05. The largest absolute Gasteiger partial charge is 1.00 e. The Kier molecular flexibility index (Phi) is 4.91. The van der Waals surface area contributed by atoms with Gasteiger partial charge in [0.15, 0.2) is 0 Å². The standard InChI is InChI=1S/C10H17N.F6P/c1-3-4-7-11-8-5-6-10(2)9-11;1-7(2,3,4,5)6/h5-6,8H,3-4,7,9H2,1-2H3;/q;-1/p+1. The molecule has 0 amide bonds. The van der Waals surface area contributed by atoms with E-state index in [1.165, 1.54) is 25.0 Å². The summed E-state index contributed by atoms with van der Waals surface area (Å²) in [5, 5.41) is 0. The molecule has 18 heavy (non-hydrogen) atoms. The maximum Gasteiger partial charge on any atom is 1.00 e. The van der Waals surface area contributed by atoms with E-state index < -0.39 is 7.81 Å². The fourth-order valence-electron chi connectivity index (χ4n) is 1.27. The van der Waals surface area contributed by atoms with Crippen LogP contribution >= 0.6 is 7.81 Å². The van der Waals surface area contributed by atoms with Gasteiger partial charge in [0.25, 0.3) is 0 Å². The molecular formula is C10H18F6NP. The Morgan fingerprint density at radius 1 is 1.22 bits per heavy atom. The second-order valence-electron chi connectivity index (χ2n) is 4.14. The van der Waals surface area contributed by atoms with E-state index in [4.69, 9.17) is 0 Å². The van der Waals surface area contributed by atoms with Gasteiger partial charge in [0.05, 0.1) is 0 Å². The maximum absolute atomic E-state index is 10.7. The van der Waals surface area contributed by atoms with Gasteiger partial charge >= 0.3 is 34.4 Å². The van der Waals surface area contributed by atoms with Crippen LogP contribution in [0.1, 0.15) is 28.1 Å². The molecule has 1 nitrogen and oxygen atoms in total. The average Bonchev–Trinajstić information content (AvgIpc) is 2.10. The van der Waals surface area contributed by atoms with Gasteiger partial charge in [-0.1, -0.05) is 25.0 Å². The van der Waals surface area contributed by atoms with Crippen LogP contribution in [0.5, 0.6) is 0 Å². The van der Waals surface area contributed by atoms with Crippen LogP contribution in [0.2, 0.25) is 0 Å². The Balaban J connectivity index is 0. The molecule has 0 N–H and O–H groups in total. The number of rotatable bonds is 3. The van der Waals surface area contributed by atoms with Crippen molar-refractivity contribution in [3.05, 3.63) is 23.9 Å². The third-order valence-electron chi connectivity index (χ3n) is 1.93. The third-order valence-corrected chi connectivity index (χ3v) is 1.93. The second kappa shape index (κ2) is 5.11. The van der Waals surface area contributed by atoms with E-state index in [0.29, 0.717) is 0 Å². The summed E-state index contributed by atoms with van der Waals surface area (Å²) in [6.07, 6.45) is 9.09. The minimum atomic E-state index is -10.7. The van der Waals surface area contributed by atoms with Crippen molar-refractivity contribution in [2.75, 3.05) is 13.1 Å². The van der Waals surface area contributed by atoms with Gasteiger partial charge in [0, 0.05) is 13.1 Å². The van der Waals surface area contributed by atoms with Crippen molar-refractivity contribution in [2.24, 2.45) is 0 Å². The molecule has 0 fully saturated rings. The first-order valence-corrected chi connectivity index (χ1v) is 7.45. The molecule has 8 heteroatoms. The topological polar surface area (TPSA) is 3.24 Å². The van der Waals surface area contributed by atoms with E-state index in [0.717, 1.165) is 6.54 Å². The number of hydrogen-bond acceptors (Lipinski definition) is 1. The monoisotopic (exact) mass is 297 g/mol. The zero-order valence-electron chi connectivity index (χ0n) is 11.2. The van der Waals surface area contributed by atoms with Crippen molar-refractivity contribution in [1.29, 1.82) is 0 Å². The fraction of sp³-hybridized carbons (Fsp3) is 0.600. The van der Waals surface area contributed by atoms with Gasteiger partial charge in [-0.3, -0.25) is 0 Å². The molecule has 1 aliphatic rings. The summed E-state index contributed by atoms with van der Waals surface area (Å²) in [5.41, 5.74) is 1.46. The van der Waals surface area contributed by atoms with E-state index in [-0.39, 0.29) is 1.43 Å². The van der Waals surface area contributed by atoms with Gasteiger partial charge in [-0.2, -0.15) is 0 Å². The summed E-state index contributed by atoms with van der Waals surface area (Å²) in [6, 6.07) is 0. The molecular weight excluding hydrogens is 279 g/mol. The molecule has 0 aromatic heterocycles. The van der Waals surface area contributed by atoms with Crippen molar-refractivity contribution in [3.63, 3.8) is 0 Å². The minimum Gasteiger partial charge on any atom is 1.00 e.